The molecule has 0 amide bonds. The molecule has 44 heavy (non-hydrogen) atoms. The van der Waals surface area contributed by atoms with Crippen molar-refractivity contribution in [3.63, 3.8) is 0 Å². The smallest absolute Gasteiger partial charge is 0.329 e. The number of anilines is 1. The van der Waals surface area contributed by atoms with Crippen LogP contribution in [0.1, 0.15) is 26.2 Å². The van der Waals surface area contributed by atoms with Crippen molar-refractivity contribution in [3.05, 3.63) is 75.7 Å². The molecule has 1 aromatic carbocycles. The van der Waals surface area contributed by atoms with E-state index in [-0.39, 0.29) is 27.5 Å². The molecule has 1 N–H and O–H groups in total. The maximum absolute atomic E-state index is 13.6. The molecule has 2 aliphatic rings. The third-order valence-electron chi connectivity index (χ3n) is 8.17. The number of nitrogens with zero attached hydrogens (tertiary/aromatic N) is 7. The second kappa shape index (κ2) is 11.5. The van der Waals surface area contributed by atoms with Crippen LogP contribution in [0.15, 0.2) is 63.7 Å². The minimum absolute atomic E-state index is 0.0488. The van der Waals surface area contributed by atoms with Gasteiger partial charge >= 0.3 is 12.1 Å². The zero-order chi connectivity index (χ0) is 31.2. The van der Waals surface area contributed by atoms with Crippen molar-refractivity contribution in [3.8, 4) is 22.5 Å². The number of pyridine rings is 1. The maximum atomic E-state index is 13.6. The molecule has 1 unspecified atom stereocenters. The number of halogens is 4. The van der Waals surface area contributed by atoms with E-state index in [1.807, 2.05) is 6.92 Å². The van der Waals surface area contributed by atoms with E-state index in [1.165, 1.54) is 16.7 Å². The number of likely N-dealkylation sites (N-methyl/N-ethyl adjacent to an activating group) is 1. The van der Waals surface area contributed by atoms with Gasteiger partial charge in [-0.3, -0.25) is 14.3 Å². The van der Waals surface area contributed by atoms with Gasteiger partial charge in [0.25, 0.3) is 5.56 Å². The van der Waals surface area contributed by atoms with Crippen LogP contribution in [-0.4, -0.2) is 73.2 Å². The molecule has 3 aromatic heterocycles. The van der Waals surface area contributed by atoms with Crippen LogP contribution < -0.4 is 10.9 Å². The molecule has 0 bridgehead atoms. The predicted octanol–water partition coefficient (Wildman–Crippen LogP) is 5.46. The summed E-state index contributed by atoms with van der Waals surface area (Å²) in [6.45, 7) is 8.57. The molecular weight excluding hydrogens is 597 g/mol. The molecule has 0 saturated carbocycles. The third kappa shape index (κ3) is 5.74. The number of benzene rings is 1. The molecule has 1 fully saturated rings. The molecule has 4 aromatic rings. The van der Waals surface area contributed by atoms with Crippen molar-refractivity contribution in [1.82, 2.24) is 34.5 Å². The summed E-state index contributed by atoms with van der Waals surface area (Å²) in [6, 6.07) is 6.07. The van der Waals surface area contributed by atoms with E-state index in [2.05, 4.69) is 71.9 Å². The van der Waals surface area contributed by atoms with Crippen molar-refractivity contribution in [2.45, 2.75) is 38.5 Å². The summed E-state index contributed by atoms with van der Waals surface area (Å²) in [4.78, 5) is 31.0. The Morgan fingerprint density at radius 3 is 2.52 bits per heavy atom. The molecule has 10 nitrogen and oxygen atoms in total. The summed E-state index contributed by atoms with van der Waals surface area (Å²) in [5.74, 6) is -1.36. The molecule has 0 radical (unpaired) electrons. The zero-order valence-electron chi connectivity index (χ0n) is 24.3. The van der Waals surface area contributed by atoms with Crippen molar-refractivity contribution < 1.29 is 17.7 Å². The number of nitrogens with one attached hydrogen (secondary N) is 1. The molecular formula is C30H30ClF3N8O2. The van der Waals surface area contributed by atoms with E-state index < -0.39 is 12.1 Å². The molecule has 0 spiro atoms. The van der Waals surface area contributed by atoms with Crippen LogP contribution in [0.4, 0.5) is 19.1 Å². The van der Waals surface area contributed by atoms with Gasteiger partial charge in [-0.1, -0.05) is 41.0 Å². The van der Waals surface area contributed by atoms with Gasteiger partial charge in [0, 0.05) is 77.3 Å². The van der Waals surface area contributed by atoms with Crippen LogP contribution in [0.25, 0.3) is 33.5 Å². The summed E-state index contributed by atoms with van der Waals surface area (Å²) < 4.78 is 44.5. The highest BCUT2D eigenvalue weighted by Gasteiger charge is 2.38. The summed E-state index contributed by atoms with van der Waals surface area (Å²) in [5, 5.41) is 7.44. The van der Waals surface area contributed by atoms with E-state index in [4.69, 9.17) is 11.6 Å². The standard InChI is InChI=1S/C30H30ClF3N8O2/c1-4-42-25-19(17-35-28(38-25)36-20-7-9-29(2,10-8-20)41-13-11-40(3)12-14-41)15-22(26(42)43)21-6-5-18(16-23(21)31)24-37-27(44-39-24)30(32,33)34/h5-9,15-17H,4,10-14H2,1-3H3,(H,35,36,38). The summed E-state index contributed by atoms with van der Waals surface area (Å²) in [5.41, 5.74) is 1.88. The van der Waals surface area contributed by atoms with Gasteiger partial charge in [-0.15, -0.1) is 0 Å². The Balaban J connectivity index is 1.25. The number of alkyl halides is 3. The fraction of sp³-hybridized carbons (Fsp3) is 0.367. The van der Waals surface area contributed by atoms with Gasteiger partial charge in [-0.25, -0.2) is 4.98 Å². The molecule has 1 saturated heterocycles. The maximum Gasteiger partial charge on any atom is 0.471 e. The highest BCUT2D eigenvalue weighted by molar-refractivity contribution is 6.33. The first kappa shape index (κ1) is 30.0. The lowest BCUT2D eigenvalue weighted by atomic mass is 9.89. The number of aryl methyl sites for hydroxylation is 1. The SMILES string of the molecule is CCn1c(=O)c(-c2ccc(-c3noc(C(F)(F)F)n3)cc2Cl)cc2cnc(NC3=CCC(C)(N4CCN(C)CC4)C=C3)nc21. The molecule has 1 atom stereocenters. The Morgan fingerprint density at radius 2 is 1.89 bits per heavy atom. The van der Waals surface area contributed by atoms with E-state index >= 15 is 0 Å². The van der Waals surface area contributed by atoms with Crippen molar-refractivity contribution in [1.29, 1.82) is 0 Å². The van der Waals surface area contributed by atoms with Gasteiger partial charge in [0.05, 0.1) is 0 Å². The van der Waals surface area contributed by atoms with Gasteiger partial charge in [-0.2, -0.15) is 23.1 Å². The number of allylic oxidation sites excluding steroid dienone is 1. The fourth-order valence-corrected chi connectivity index (χ4v) is 5.81. The van der Waals surface area contributed by atoms with Crippen LogP contribution in [0.5, 0.6) is 0 Å². The Labute approximate surface area is 255 Å². The van der Waals surface area contributed by atoms with Crippen molar-refractivity contribution in [2.24, 2.45) is 0 Å². The Bertz CT molecular complexity index is 1840. The molecule has 1 aliphatic carbocycles. The van der Waals surface area contributed by atoms with E-state index in [0.29, 0.717) is 34.7 Å². The number of hydrogen-bond acceptors (Lipinski definition) is 9. The Kier molecular flexibility index (Phi) is 7.80. The minimum atomic E-state index is -4.77. The lowest BCUT2D eigenvalue weighted by molar-refractivity contribution is -0.159. The number of rotatable bonds is 6. The minimum Gasteiger partial charge on any atom is -0.329 e. The average Bonchev–Trinajstić information content (AvgIpc) is 3.50. The largest absolute Gasteiger partial charge is 0.471 e. The monoisotopic (exact) mass is 626 g/mol. The first-order valence-corrected chi connectivity index (χ1v) is 14.5. The lowest BCUT2D eigenvalue weighted by Crippen LogP contribution is -2.54. The first-order chi connectivity index (χ1) is 20.9. The quantitative estimate of drug-likeness (QED) is 0.299. The van der Waals surface area contributed by atoms with Crippen LogP contribution >= 0.6 is 11.6 Å². The van der Waals surface area contributed by atoms with Crippen LogP contribution in [-0.2, 0) is 12.7 Å². The highest BCUT2D eigenvalue weighted by Crippen LogP contribution is 2.34. The molecule has 6 rings (SSSR count). The van der Waals surface area contributed by atoms with Gasteiger partial charge in [0.15, 0.2) is 0 Å². The van der Waals surface area contributed by atoms with Crippen LogP contribution in [0.3, 0.4) is 0 Å². The number of fused-ring (bicyclic) bond motifs is 1. The van der Waals surface area contributed by atoms with Gasteiger partial charge in [-0.05, 0) is 45.5 Å². The fourth-order valence-electron chi connectivity index (χ4n) is 5.53. The summed E-state index contributed by atoms with van der Waals surface area (Å²) >= 11 is 6.52. The second-order valence-electron chi connectivity index (χ2n) is 11.2. The van der Waals surface area contributed by atoms with Crippen LogP contribution in [0, 0.1) is 0 Å². The van der Waals surface area contributed by atoms with E-state index in [0.717, 1.165) is 38.3 Å². The van der Waals surface area contributed by atoms with Crippen LogP contribution in [0.2, 0.25) is 5.02 Å². The second-order valence-corrected chi connectivity index (χ2v) is 11.6. The predicted molar refractivity (Wildman–Crippen MR) is 161 cm³/mol. The number of aromatic nitrogens is 5. The van der Waals surface area contributed by atoms with Gasteiger partial charge in [0.2, 0.25) is 11.8 Å². The first-order valence-electron chi connectivity index (χ1n) is 14.2. The Morgan fingerprint density at radius 1 is 1.11 bits per heavy atom. The van der Waals surface area contributed by atoms with Gasteiger partial charge < -0.3 is 14.7 Å². The highest BCUT2D eigenvalue weighted by atomic mass is 35.5. The topological polar surface area (TPSA) is 105 Å². The summed E-state index contributed by atoms with van der Waals surface area (Å²) in [6.07, 6.45) is 4.14. The van der Waals surface area contributed by atoms with Crippen molar-refractivity contribution >= 4 is 28.6 Å². The Hall–Kier alpha value is -4.07. The molecule has 1 aliphatic heterocycles. The molecule has 4 heterocycles. The third-order valence-corrected chi connectivity index (χ3v) is 8.48. The zero-order valence-corrected chi connectivity index (χ0v) is 25.1. The number of hydrogen-bond donors (Lipinski definition) is 1. The van der Waals surface area contributed by atoms with Crippen molar-refractivity contribution in [2.75, 3.05) is 38.5 Å². The number of piperazine rings is 1. The average molecular weight is 627 g/mol. The summed E-state index contributed by atoms with van der Waals surface area (Å²) in [7, 11) is 2.15. The molecule has 14 heteroatoms. The van der Waals surface area contributed by atoms with E-state index in [9.17, 15) is 18.0 Å². The normalized spacial score (nSPS) is 19.8. The molecule has 230 valence electrons. The van der Waals surface area contributed by atoms with E-state index in [1.54, 1.807) is 18.3 Å². The lowest BCUT2D eigenvalue weighted by Gasteiger charge is -2.44. The van der Waals surface area contributed by atoms with Gasteiger partial charge in [0.1, 0.15) is 5.65 Å².